The summed E-state index contributed by atoms with van der Waals surface area (Å²) in [6.07, 6.45) is 0. The molecule has 1 aliphatic rings. The molecule has 3 rings (SSSR count). The fourth-order valence-electron chi connectivity index (χ4n) is 3.07. The van der Waals surface area contributed by atoms with Crippen LogP contribution in [0.1, 0.15) is 25.0 Å². The molecular weight excluding hydrogens is 419 g/mol. The Labute approximate surface area is 179 Å². The van der Waals surface area contributed by atoms with Crippen LogP contribution in [-0.4, -0.2) is 23.3 Å². The van der Waals surface area contributed by atoms with Crippen molar-refractivity contribution in [2.45, 2.75) is 20.8 Å². The van der Waals surface area contributed by atoms with Crippen LogP contribution in [0, 0.1) is 12.8 Å². The minimum Gasteiger partial charge on any atom is -0.350 e. The van der Waals surface area contributed by atoms with Crippen LogP contribution >= 0.6 is 34.8 Å². The summed E-state index contributed by atoms with van der Waals surface area (Å²) in [5.41, 5.74) is 2.44. The second-order valence-electron chi connectivity index (χ2n) is 7.07. The molecule has 0 aliphatic carbocycles. The Kier molecular flexibility index (Phi) is 6.04. The molecule has 1 aliphatic heterocycles. The third-order valence-corrected chi connectivity index (χ3v) is 5.15. The molecule has 0 bridgehead atoms. The van der Waals surface area contributed by atoms with Gasteiger partial charge in [-0.15, -0.1) is 0 Å². The molecule has 2 aromatic carbocycles. The monoisotopic (exact) mass is 436 g/mol. The van der Waals surface area contributed by atoms with Crippen molar-refractivity contribution in [3.05, 3.63) is 68.3 Å². The number of halogens is 3. The van der Waals surface area contributed by atoms with E-state index in [1.54, 1.807) is 36.4 Å². The third-order valence-electron chi connectivity index (χ3n) is 4.36. The largest absolute Gasteiger partial charge is 0.350 e. The quantitative estimate of drug-likeness (QED) is 0.601. The Morgan fingerprint density at radius 3 is 2.21 bits per heavy atom. The smallest absolute Gasteiger partial charge is 0.278 e. The zero-order valence-electron chi connectivity index (χ0n) is 15.6. The Balaban J connectivity index is 2.13. The first kappa shape index (κ1) is 20.7. The van der Waals surface area contributed by atoms with Crippen LogP contribution < -0.4 is 5.32 Å². The standard InChI is InChI=1S/C21H19Cl3N2O2/c1-11(2)10-26-20(27)18(15-6-4-14(23)9-16(15)24)19(21(26)28)25-17-7-5-13(22)8-12(17)3/h4-9,11,25H,10H2,1-3H3. The number of carbonyl (C=O) groups excluding carboxylic acids is 2. The third kappa shape index (κ3) is 4.04. The Bertz CT molecular complexity index is 999. The van der Waals surface area contributed by atoms with Crippen molar-refractivity contribution in [1.82, 2.24) is 4.90 Å². The fraction of sp³-hybridized carbons (Fsp3) is 0.238. The van der Waals surface area contributed by atoms with E-state index >= 15 is 0 Å². The summed E-state index contributed by atoms with van der Waals surface area (Å²) in [5, 5.41) is 4.48. The van der Waals surface area contributed by atoms with Crippen molar-refractivity contribution in [3.8, 4) is 0 Å². The van der Waals surface area contributed by atoms with Crippen molar-refractivity contribution < 1.29 is 9.59 Å². The number of nitrogens with zero attached hydrogens (tertiary/aromatic N) is 1. The van der Waals surface area contributed by atoms with Gasteiger partial charge in [-0.25, -0.2) is 0 Å². The molecule has 2 amide bonds. The minimum absolute atomic E-state index is 0.131. The molecule has 0 atom stereocenters. The first-order valence-corrected chi connectivity index (χ1v) is 9.91. The Morgan fingerprint density at radius 2 is 1.61 bits per heavy atom. The molecule has 146 valence electrons. The summed E-state index contributed by atoms with van der Waals surface area (Å²) >= 11 is 18.4. The summed E-state index contributed by atoms with van der Waals surface area (Å²) in [4.78, 5) is 27.5. The van der Waals surface area contributed by atoms with E-state index in [2.05, 4.69) is 5.32 Å². The van der Waals surface area contributed by atoms with Crippen LogP contribution in [0.4, 0.5) is 5.69 Å². The van der Waals surface area contributed by atoms with Crippen molar-refractivity contribution in [1.29, 1.82) is 0 Å². The minimum atomic E-state index is -0.380. The van der Waals surface area contributed by atoms with Gasteiger partial charge >= 0.3 is 0 Å². The molecule has 1 N–H and O–H groups in total. The number of anilines is 1. The average Bonchev–Trinajstić information content (AvgIpc) is 2.82. The van der Waals surface area contributed by atoms with Gasteiger partial charge in [-0.1, -0.05) is 54.7 Å². The highest BCUT2D eigenvalue weighted by atomic mass is 35.5. The van der Waals surface area contributed by atoms with Crippen LogP contribution in [-0.2, 0) is 9.59 Å². The van der Waals surface area contributed by atoms with Crippen molar-refractivity contribution in [3.63, 3.8) is 0 Å². The number of benzene rings is 2. The van der Waals surface area contributed by atoms with Crippen LogP contribution in [0.15, 0.2) is 42.1 Å². The number of aryl methyl sites for hydroxylation is 1. The van der Waals surface area contributed by atoms with E-state index in [0.717, 1.165) is 5.56 Å². The molecule has 0 unspecified atom stereocenters. The molecular formula is C21H19Cl3N2O2. The first-order chi connectivity index (χ1) is 13.2. The van der Waals surface area contributed by atoms with Crippen LogP contribution in [0.25, 0.3) is 5.57 Å². The Morgan fingerprint density at radius 1 is 0.964 bits per heavy atom. The summed E-state index contributed by atoms with van der Waals surface area (Å²) in [5.74, 6) is -0.627. The van der Waals surface area contributed by atoms with Crippen molar-refractivity contribution in [2.24, 2.45) is 5.92 Å². The highest BCUT2D eigenvalue weighted by Gasteiger charge is 2.40. The molecule has 1 heterocycles. The number of hydrogen-bond acceptors (Lipinski definition) is 3. The zero-order valence-corrected chi connectivity index (χ0v) is 17.9. The van der Waals surface area contributed by atoms with E-state index < -0.39 is 0 Å². The van der Waals surface area contributed by atoms with Crippen LogP contribution in [0.5, 0.6) is 0 Å². The average molecular weight is 438 g/mol. The summed E-state index contributed by atoms with van der Waals surface area (Å²) < 4.78 is 0. The second-order valence-corrected chi connectivity index (χ2v) is 8.35. The zero-order chi connectivity index (χ0) is 20.6. The lowest BCUT2D eigenvalue weighted by molar-refractivity contribution is -0.137. The molecule has 0 aromatic heterocycles. The fourth-order valence-corrected chi connectivity index (χ4v) is 3.80. The van der Waals surface area contributed by atoms with E-state index in [9.17, 15) is 9.59 Å². The maximum atomic E-state index is 13.1. The maximum Gasteiger partial charge on any atom is 0.278 e. The van der Waals surface area contributed by atoms with Gasteiger partial charge in [0, 0.05) is 27.8 Å². The lowest BCUT2D eigenvalue weighted by Crippen LogP contribution is -2.35. The van der Waals surface area contributed by atoms with Crippen LogP contribution in [0.3, 0.4) is 0 Å². The number of rotatable bonds is 5. The van der Waals surface area contributed by atoms with E-state index in [0.29, 0.717) is 32.9 Å². The number of nitrogens with one attached hydrogen (secondary N) is 1. The summed E-state index contributed by atoms with van der Waals surface area (Å²) in [7, 11) is 0. The number of imide groups is 1. The van der Waals surface area contributed by atoms with Gasteiger partial charge in [0.15, 0.2) is 0 Å². The summed E-state index contributed by atoms with van der Waals surface area (Å²) in [6.45, 7) is 6.09. The molecule has 0 saturated carbocycles. The molecule has 0 radical (unpaired) electrons. The van der Waals surface area contributed by atoms with E-state index in [1.807, 2.05) is 20.8 Å². The lowest BCUT2D eigenvalue weighted by atomic mass is 10.0. The number of amides is 2. The predicted octanol–water partition coefficient (Wildman–Crippen LogP) is 5.80. The van der Waals surface area contributed by atoms with Gasteiger partial charge in [-0.05, 0) is 48.7 Å². The molecule has 2 aromatic rings. The van der Waals surface area contributed by atoms with Crippen molar-refractivity contribution >= 4 is 57.9 Å². The van der Waals surface area contributed by atoms with Gasteiger partial charge in [0.2, 0.25) is 0 Å². The second kappa shape index (κ2) is 8.16. The highest BCUT2D eigenvalue weighted by Crippen LogP contribution is 2.36. The lowest BCUT2D eigenvalue weighted by Gasteiger charge is -2.17. The molecule has 28 heavy (non-hydrogen) atoms. The van der Waals surface area contributed by atoms with Gasteiger partial charge in [0.1, 0.15) is 5.70 Å². The van der Waals surface area contributed by atoms with Gasteiger partial charge in [-0.3, -0.25) is 14.5 Å². The van der Waals surface area contributed by atoms with Gasteiger partial charge in [0.05, 0.1) is 10.6 Å². The highest BCUT2D eigenvalue weighted by molar-refractivity contribution is 6.41. The van der Waals surface area contributed by atoms with Crippen LogP contribution in [0.2, 0.25) is 15.1 Å². The maximum absolute atomic E-state index is 13.1. The summed E-state index contributed by atoms with van der Waals surface area (Å²) in [6, 6.07) is 10.1. The van der Waals surface area contributed by atoms with Crippen molar-refractivity contribution in [2.75, 3.05) is 11.9 Å². The SMILES string of the molecule is Cc1cc(Cl)ccc1NC1=C(c2ccc(Cl)cc2Cl)C(=O)N(CC(C)C)C1=O. The first-order valence-electron chi connectivity index (χ1n) is 8.78. The molecule has 4 nitrogen and oxygen atoms in total. The topological polar surface area (TPSA) is 49.4 Å². The van der Waals surface area contributed by atoms with E-state index in [1.165, 1.54) is 4.90 Å². The normalized spacial score (nSPS) is 14.5. The molecule has 0 saturated heterocycles. The van der Waals surface area contributed by atoms with Gasteiger partial charge in [0.25, 0.3) is 11.8 Å². The predicted molar refractivity (Wildman–Crippen MR) is 115 cm³/mol. The molecule has 0 spiro atoms. The van der Waals surface area contributed by atoms with E-state index in [4.69, 9.17) is 34.8 Å². The van der Waals surface area contributed by atoms with E-state index in [-0.39, 0.29) is 29.0 Å². The number of hydrogen-bond donors (Lipinski definition) is 1. The Hall–Kier alpha value is -2.01. The molecule has 7 heteroatoms. The molecule has 0 fully saturated rings. The van der Waals surface area contributed by atoms with Gasteiger partial charge in [-0.2, -0.15) is 0 Å². The van der Waals surface area contributed by atoms with Gasteiger partial charge < -0.3 is 5.32 Å². The number of carbonyl (C=O) groups is 2.